The highest BCUT2D eigenvalue weighted by Crippen LogP contribution is 2.51. The number of carbonyl (C=O) groups excluding carboxylic acids is 2. The summed E-state index contributed by atoms with van der Waals surface area (Å²) in [5.41, 5.74) is 4.76. The van der Waals surface area contributed by atoms with Crippen molar-refractivity contribution in [3.8, 4) is 5.88 Å². The lowest BCUT2D eigenvalue weighted by Gasteiger charge is -2.28. The Morgan fingerprint density at radius 3 is 2.48 bits per heavy atom. The van der Waals surface area contributed by atoms with Gasteiger partial charge in [-0.1, -0.05) is 6.07 Å². The molecule has 40 heavy (non-hydrogen) atoms. The van der Waals surface area contributed by atoms with Crippen LogP contribution in [0.1, 0.15) is 85.1 Å². The molecule has 0 spiro atoms. The number of nitrogens with one attached hydrogen (secondary N) is 2. The fraction of sp³-hybridized carbons (Fsp3) is 0.484. The van der Waals surface area contributed by atoms with Gasteiger partial charge in [-0.15, -0.1) is 0 Å². The zero-order valence-electron chi connectivity index (χ0n) is 23.2. The summed E-state index contributed by atoms with van der Waals surface area (Å²) in [7, 11) is 1.65. The van der Waals surface area contributed by atoms with Crippen molar-refractivity contribution in [3.05, 3.63) is 69.6 Å². The van der Waals surface area contributed by atoms with E-state index in [0.717, 1.165) is 54.2 Å². The first-order chi connectivity index (χ1) is 19.3. The molecule has 3 aromatic rings. The number of halogens is 1. The number of carbonyl (C=O) groups is 2. The highest BCUT2D eigenvalue weighted by molar-refractivity contribution is 9.10. The van der Waals surface area contributed by atoms with E-state index in [2.05, 4.69) is 54.8 Å². The molecule has 3 aliphatic carbocycles. The first kappa shape index (κ1) is 27.0. The molecule has 9 heteroatoms. The quantitative estimate of drug-likeness (QED) is 0.301. The number of benzene rings is 1. The molecular weight excluding hydrogens is 570 g/mol. The Bertz CT molecular complexity index is 1420. The molecule has 0 aliphatic heterocycles. The zero-order chi connectivity index (χ0) is 28.0. The highest BCUT2D eigenvalue weighted by Gasteiger charge is 2.48. The van der Waals surface area contributed by atoms with Crippen molar-refractivity contribution in [3.63, 3.8) is 0 Å². The van der Waals surface area contributed by atoms with E-state index >= 15 is 0 Å². The number of pyridine rings is 1. The number of rotatable bonds is 10. The number of nitrogens with zero attached hydrogens (tertiary/aromatic N) is 3. The molecule has 8 nitrogen and oxygen atoms in total. The number of hydrogen-bond donors (Lipinski definition) is 2. The summed E-state index contributed by atoms with van der Waals surface area (Å²) in [6.07, 6.45) is 9.75. The minimum atomic E-state index is -0.582. The van der Waals surface area contributed by atoms with Crippen LogP contribution in [0.4, 0.5) is 5.69 Å². The molecule has 0 bridgehead atoms. The molecule has 2 atom stereocenters. The molecule has 2 heterocycles. The summed E-state index contributed by atoms with van der Waals surface area (Å²) in [4.78, 5) is 31.7. The average Bonchev–Trinajstić information content (AvgIpc) is 3.86. The van der Waals surface area contributed by atoms with Crippen LogP contribution in [0.25, 0.3) is 0 Å². The van der Waals surface area contributed by atoms with Gasteiger partial charge in [-0.3, -0.25) is 14.3 Å². The molecule has 2 amide bonds. The standard InChI is InChI=1S/C31H36BrN5O3/c1-17(2)37-26(12-13-34-37)29(38)36-28(27(18-4-5-18)19-6-7-19)30(39)35-22-9-11-23-20(14-22)8-10-24(23)25-15-21(32)16-33-31(25)40-3/h9,11-19,24,27-28H,4-8,10H2,1-3H3,(H,35,39)(H,36,38)/t24?,28-/m0/s1. The monoisotopic (exact) mass is 605 g/mol. The number of hydrogen-bond acceptors (Lipinski definition) is 5. The van der Waals surface area contributed by atoms with Gasteiger partial charge in [0.15, 0.2) is 0 Å². The highest BCUT2D eigenvalue weighted by atomic mass is 79.9. The molecule has 2 aromatic heterocycles. The second-order valence-corrected chi connectivity index (χ2v) is 12.6. The van der Waals surface area contributed by atoms with Crippen LogP contribution in [-0.2, 0) is 11.2 Å². The Balaban J connectivity index is 1.23. The summed E-state index contributed by atoms with van der Waals surface area (Å²) in [5.74, 6) is 1.59. The first-order valence-corrected chi connectivity index (χ1v) is 15.1. The number of amides is 2. The first-order valence-electron chi connectivity index (χ1n) is 14.3. The van der Waals surface area contributed by atoms with Crippen molar-refractivity contribution in [1.29, 1.82) is 0 Å². The smallest absolute Gasteiger partial charge is 0.270 e. The molecule has 6 rings (SSSR count). The summed E-state index contributed by atoms with van der Waals surface area (Å²) in [6, 6.07) is 9.44. The van der Waals surface area contributed by atoms with Crippen molar-refractivity contribution in [1.82, 2.24) is 20.1 Å². The number of anilines is 1. The lowest BCUT2D eigenvalue weighted by molar-refractivity contribution is -0.119. The van der Waals surface area contributed by atoms with Crippen molar-refractivity contribution in [2.75, 3.05) is 12.4 Å². The fourth-order valence-electron chi connectivity index (χ4n) is 6.45. The number of fused-ring (bicyclic) bond motifs is 1. The van der Waals surface area contributed by atoms with Crippen molar-refractivity contribution >= 4 is 33.4 Å². The van der Waals surface area contributed by atoms with E-state index < -0.39 is 6.04 Å². The van der Waals surface area contributed by atoms with Crippen LogP contribution in [0.5, 0.6) is 5.88 Å². The van der Waals surface area contributed by atoms with Gasteiger partial charge in [-0.05, 0) is 121 Å². The van der Waals surface area contributed by atoms with Crippen LogP contribution < -0.4 is 15.4 Å². The van der Waals surface area contributed by atoms with Crippen molar-refractivity contribution in [2.45, 2.75) is 70.4 Å². The summed E-state index contributed by atoms with van der Waals surface area (Å²) < 4.78 is 8.18. The molecule has 2 N–H and O–H groups in total. The molecular formula is C31H36BrN5O3. The number of methoxy groups -OCH3 is 1. The van der Waals surface area contributed by atoms with Gasteiger partial charge in [0, 0.05) is 40.1 Å². The number of aryl methyl sites for hydroxylation is 1. The van der Waals surface area contributed by atoms with E-state index in [1.54, 1.807) is 30.3 Å². The molecule has 0 radical (unpaired) electrons. The van der Waals surface area contributed by atoms with Gasteiger partial charge in [0.05, 0.1) is 7.11 Å². The van der Waals surface area contributed by atoms with Crippen molar-refractivity contribution in [2.24, 2.45) is 17.8 Å². The fourth-order valence-corrected chi connectivity index (χ4v) is 6.80. The topological polar surface area (TPSA) is 98.1 Å². The lowest BCUT2D eigenvalue weighted by atomic mass is 9.88. The zero-order valence-corrected chi connectivity index (χ0v) is 24.8. The SMILES string of the molecule is COc1ncc(Br)cc1C1CCc2cc(NC(=O)[C@@H](NC(=O)c3ccnn3C(C)C)C(C3CC3)C3CC3)ccc21. The van der Waals surface area contributed by atoms with Crippen LogP contribution in [-0.4, -0.2) is 39.7 Å². The minimum absolute atomic E-state index is 0.0497. The number of ether oxygens (including phenoxy) is 1. The molecule has 1 aromatic carbocycles. The van der Waals surface area contributed by atoms with Crippen LogP contribution in [0, 0.1) is 17.8 Å². The number of aromatic nitrogens is 3. The second kappa shape index (κ2) is 11.0. The normalized spacial score (nSPS) is 19.0. The van der Waals surface area contributed by atoms with Gasteiger partial charge in [0.2, 0.25) is 11.8 Å². The average molecular weight is 607 g/mol. The van der Waals surface area contributed by atoms with Gasteiger partial charge in [-0.25, -0.2) is 4.98 Å². The second-order valence-electron chi connectivity index (χ2n) is 11.7. The molecule has 2 fully saturated rings. The summed E-state index contributed by atoms with van der Waals surface area (Å²) in [5, 5.41) is 10.6. The molecule has 0 saturated heterocycles. The van der Waals surface area contributed by atoms with E-state index in [0.29, 0.717) is 23.4 Å². The van der Waals surface area contributed by atoms with Crippen molar-refractivity contribution < 1.29 is 14.3 Å². The van der Waals surface area contributed by atoms with Crippen LogP contribution in [0.2, 0.25) is 0 Å². The Labute approximate surface area is 243 Å². The third-order valence-electron chi connectivity index (χ3n) is 8.58. The molecule has 210 valence electrons. The van der Waals surface area contributed by atoms with Crippen LogP contribution in [0.3, 0.4) is 0 Å². The van der Waals surface area contributed by atoms with Gasteiger partial charge in [-0.2, -0.15) is 5.10 Å². The van der Waals surface area contributed by atoms with Gasteiger partial charge in [0.25, 0.3) is 5.91 Å². The van der Waals surface area contributed by atoms with Gasteiger partial charge in [0.1, 0.15) is 11.7 Å². The third kappa shape index (κ3) is 5.40. The molecule has 1 unspecified atom stereocenters. The Morgan fingerprint density at radius 2 is 1.80 bits per heavy atom. The molecule has 3 aliphatic rings. The predicted molar refractivity (Wildman–Crippen MR) is 157 cm³/mol. The van der Waals surface area contributed by atoms with Gasteiger partial charge >= 0.3 is 0 Å². The van der Waals surface area contributed by atoms with E-state index in [1.807, 2.05) is 19.9 Å². The van der Waals surface area contributed by atoms with Crippen LogP contribution in [0.15, 0.2) is 47.2 Å². The Hall–Kier alpha value is -3.20. The van der Waals surface area contributed by atoms with E-state index in [-0.39, 0.29) is 29.7 Å². The van der Waals surface area contributed by atoms with E-state index in [1.165, 1.54) is 11.1 Å². The lowest BCUT2D eigenvalue weighted by Crippen LogP contribution is -2.50. The maximum absolute atomic E-state index is 13.9. The van der Waals surface area contributed by atoms with E-state index in [4.69, 9.17) is 4.74 Å². The Morgan fingerprint density at radius 1 is 1.05 bits per heavy atom. The van der Waals surface area contributed by atoms with Gasteiger partial charge < -0.3 is 15.4 Å². The van der Waals surface area contributed by atoms with Crippen LogP contribution >= 0.6 is 15.9 Å². The maximum Gasteiger partial charge on any atom is 0.270 e. The maximum atomic E-state index is 13.9. The summed E-state index contributed by atoms with van der Waals surface area (Å²) in [6.45, 7) is 3.99. The minimum Gasteiger partial charge on any atom is -0.481 e. The predicted octanol–water partition coefficient (Wildman–Crippen LogP) is 5.88. The Kier molecular flexibility index (Phi) is 7.42. The molecule has 2 saturated carbocycles. The summed E-state index contributed by atoms with van der Waals surface area (Å²) >= 11 is 3.55. The third-order valence-corrected chi connectivity index (χ3v) is 9.01. The largest absolute Gasteiger partial charge is 0.481 e. The van der Waals surface area contributed by atoms with E-state index in [9.17, 15) is 9.59 Å².